The largest absolute Gasteiger partial charge is 0.493 e. The van der Waals surface area contributed by atoms with Gasteiger partial charge in [-0.25, -0.2) is 0 Å². The number of aliphatic hydroxyl groups excluding tert-OH is 1. The Balaban J connectivity index is 2.98. The molecule has 1 aromatic carbocycles. The van der Waals surface area contributed by atoms with Gasteiger partial charge in [0.15, 0.2) is 11.5 Å². The first-order chi connectivity index (χ1) is 12.8. The van der Waals surface area contributed by atoms with Gasteiger partial charge in [0.05, 0.1) is 39.4 Å². The second-order valence-electron chi connectivity index (χ2n) is 6.46. The molecule has 150 valence electrons. The Kier molecular flexibility index (Phi) is 8.81. The summed E-state index contributed by atoms with van der Waals surface area (Å²) in [7, 11) is 2.85. The fourth-order valence-corrected chi connectivity index (χ4v) is 2.42. The van der Waals surface area contributed by atoms with E-state index in [1.165, 1.54) is 18.1 Å². The van der Waals surface area contributed by atoms with Crippen LogP contribution >= 0.6 is 0 Å². The standard InChI is InChI=1S/C20H29NO6/c1-6-27-16-9-7-15(13-17(16)25-4)8-10-18(23)21(20(2,3)14-22)12-11-19(24)26-5/h7-10,13,22H,6,11-12,14H2,1-5H3/b10-8+. The van der Waals surface area contributed by atoms with E-state index in [4.69, 9.17) is 9.47 Å². The van der Waals surface area contributed by atoms with Gasteiger partial charge in [-0.05, 0) is 44.5 Å². The Labute approximate surface area is 160 Å². The Morgan fingerprint density at radius 2 is 1.93 bits per heavy atom. The van der Waals surface area contributed by atoms with Gasteiger partial charge >= 0.3 is 5.97 Å². The molecule has 0 fully saturated rings. The van der Waals surface area contributed by atoms with E-state index in [2.05, 4.69) is 4.74 Å². The first kappa shape index (κ1) is 22.5. The lowest BCUT2D eigenvalue weighted by atomic mass is 10.0. The zero-order valence-electron chi connectivity index (χ0n) is 16.7. The lowest BCUT2D eigenvalue weighted by molar-refractivity contribution is -0.142. The molecule has 0 spiro atoms. The highest BCUT2D eigenvalue weighted by atomic mass is 16.5. The summed E-state index contributed by atoms with van der Waals surface area (Å²) < 4.78 is 15.4. The fraction of sp³-hybridized carbons (Fsp3) is 0.500. The van der Waals surface area contributed by atoms with Crippen LogP contribution in [0.1, 0.15) is 32.8 Å². The van der Waals surface area contributed by atoms with Crippen molar-refractivity contribution in [1.29, 1.82) is 0 Å². The van der Waals surface area contributed by atoms with Gasteiger partial charge < -0.3 is 24.2 Å². The van der Waals surface area contributed by atoms with Crippen LogP contribution in [0.2, 0.25) is 0 Å². The van der Waals surface area contributed by atoms with Crippen molar-refractivity contribution in [3.05, 3.63) is 29.8 Å². The van der Waals surface area contributed by atoms with Gasteiger partial charge in [-0.15, -0.1) is 0 Å². The molecule has 0 heterocycles. The predicted octanol–water partition coefficient (Wildman–Crippen LogP) is 2.27. The number of hydrogen-bond donors (Lipinski definition) is 1. The minimum Gasteiger partial charge on any atom is -0.493 e. The summed E-state index contributed by atoms with van der Waals surface area (Å²) in [5, 5.41) is 9.61. The molecule has 0 saturated carbocycles. The molecule has 0 radical (unpaired) electrons. The maximum Gasteiger partial charge on any atom is 0.307 e. The maximum absolute atomic E-state index is 12.7. The number of aliphatic hydroxyl groups is 1. The molecular formula is C20H29NO6. The average Bonchev–Trinajstić information content (AvgIpc) is 2.66. The van der Waals surface area contributed by atoms with Crippen LogP contribution in [-0.4, -0.2) is 61.4 Å². The summed E-state index contributed by atoms with van der Waals surface area (Å²) in [4.78, 5) is 25.5. The number of nitrogens with zero attached hydrogens (tertiary/aromatic N) is 1. The van der Waals surface area contributed by atoms with Crippen LogP contribution in [0, 0.1) is 0 Å². The molecule has 0 unspecified atom stereocenters. The van der Waals surface area contributed by atoms with Crippen molar-refractivity contribution in [2.45, 2.75) is 32.7 Å². The van der Waals surface area contributed by atoms with Crippen LogP contribution < -0.4 is 9.47 Å². The number of ether oxygens (including phenoxy) is 3. The maximum atomic E-state index is 12.7. The first-order valence-electron chi connectivity index (χ1n) is 8.77. The highest BCUT2D eigenvalue weighted by Gasteiger charge is 2.29. The van der Waals surface area contributed by atoms with Crippen molar-refractivity contribution in [3.8, 4) is 11.5 Å². The quantitative estimate of drug-likeness (QED) is 0.496. The SMILES string of the molecule is CCOc1ccc(/C=C/C(=O)N(CCC(=O)OC)C(C)(C)CO)cc1OC. The van der Waals surface area contributed by atoms with E-state index in [1.54, 1.807) is 39.2 Å². The van der Waals surface area contributed by atoms with Crippen LogP contribution in [0.15, 0.2) is 24.3 Å². The third kappa shape index (κ3) is 6.60. The fourth-order valence-electron chi connectivity index (χ4n) is 2.42. The molecule has 0 aromatic heterocycles. The Morgan fingerprint density at radius 3 is 2.48 bits per heavy atom. The number of rotatable bonds is 10. The number of carbonyl (C=O) groups is 2. The van der Waals surface area contributed by atoms with Crippen molar-refractivity contribution in [1.82, 2.24) is 4.90 Å². The topological polar surface area (TPSA) is 85.3 Å². The molecule has 0 aliphatic carbocycles. The summed E-state index contributed by atoms with van der Waals surface area (Å²) in [5.74, 6) is 0.474. The molecule has 0 atom stereocenters. The zero-order valence-corrected chi connectivity index (χ0v) is 16.7. The highest BCUT2D eigenvalue weighted by Crippen LogP contribution is 2.28. The van der Waals surface area contributed by atoms with E-state index in [9.17, 15) is 14.7 Å². The minimum atomic E-state index is -0.814. The molecule has 1 amide bonds. The number of carbonyl (C=O) groups excluding carboxylic acids is 2. The summed E-state index contributed by atoms with van der Waals surface area (Å²) in [6.07, 6.45) is 3.11. The number of hydrogen-bond acceptors (Lipinski definition) is 6. The summed E-state index contributed by atoms with van der Waals surface area (Å²) in [6.45, 7) is 5.79. The van der Waals surface area contributed by atoms with Crippen molar-refractivity contribution < 1.29 is 28.9 Å². The van der Waals surface area contributed by atoms with Crippen molar-refractivity contribution in [2.24, 2.45) is 0 Å². The van der Waals surface area contributed by atoms with Crippen LogP contribution in [0.4, 0.5) is 0 Å². The summed E-state index contributed by atoms with van der Waals surface area (Å²) in [5.41, 5.74) is -0.0511. The molecular weight excluding hydrogens is 350 g/mol. The molecule has 7 heteroatoms. The van der Waals surface area contributed by atoms with Gasteiger partial charge in [0.2, 0.25) is 5.91 Å². The normalized spacial score (nSPS) is 11.3. The summed E-state index contributed by atoms with van der Waals surface area (Å²) in [6, 6.07) is 5.36. The summed E-state index contributed by atoms with van der Waals surface area (Å²) >= 11 is 0. The highest BCUT2D eigenvalue weighted by molar-refractivity contribution is 5.92. The molecule has 0 aliphatic rings. The number of amides is 1. The number of methoxy groups -OCH3 is 2. The lowest BCUT2D eigenvalue weighted by Gasteiger charge is -2.36. The zero-order chi connectivity index (χ0) is 20.4. The Hall–Kier alpha value is -2.54. The Bertz CT molecular complexity index is 668. The molecule has 27 heavy (non-hydrogen) atoms. The number of benzene rings is 1. The van der Waals surface area contributed by atoms with Crippen molar-refractivity contribution in [2.75, 3.05) is 34.0 Å². The van der Waals surface area contributed by atoms with Gasteiger partial charge in [-0.3, -0.25) is 9.59 Å². The van der Waals surface area contributed by atoms with E-state index in [1.807, 2.05) is 13.0 Å². The third-order valence-corrected chi connectivity index (χ3v) is 4.06. The van der Waals surface area contributed by atoms with Crippen LogP contribution in [0.3, 0.4) is 0 Å². The van der Waals surface area contributed by atoms with Gasteiger partial charge in [0.25, 0.3) is 0 Å². The van der Waals surface area contributed by atoms with Gasteiger partial charge in [-0.1, -0.05) is 6.07 Å². The monoisotopic (exact) mass is 379 g/mol. The lowest BCUT2D eigenvalue weighted by Crippen LogP contribution is -2.50. The van der Waals surface area contributed by atoms with E-state index >= 15 is 0 Å². The van der Waals surface area contributed by atoms with Gasteiger partial charge in [-0.2, -0.15) is 0 Å². The van der Waals surface area contributed by atoms with Gasteiger partial charge in [0, 0.05) is 12.6 Å². The molecule has 0 saturated heterocycles. The molecule has 7 nitrogen and oxygen atoms in total. The van der Waals surface area contributed by atoms with Gasteiger partial charge in [0.1, 0.15) is 0 Å². The molecule has 1 aromatic rings. The van der Waals surface area contributed by atoms with E-state index in [0.29, 0.717) is 18.1 Å². The molecule has 1 rings (SSSR count). The smallest absolute Gasteiger partial charge is 0.307 e. The molecule has 0 bridgehead atoms. The predicted molar refractivity (Wildman–Crippen MR) is 103 cm³/mol. The van der Waals surface area contributed by atoms with E-state index in [0.717, 1.165) is 5.56 Å². The molecule has 1 N–H and O–H groups in total. The second-order valence-corrected chi connectivity index (χ2v) is 6.46. The minimum absolute atomic E-state index is 0.0520. The number of esters is 1. The molecule has 0 aliphatic heterocycles. The van der Waals surface area contributed by atoms with Crippen LogP contribution in [-0.2, 0) is 14.3 Å². The van der Waals surface area contributed by atoms with E-state index in [-0.39, 0.29) is 25.5 Å². The Morgan fingerprint density at radius 1 is 1.22 bits per heavy atom. The van der Waals surface area contributed by atoms with Crippen molar-refractivity contribution in [3.63, 3.8) is 0 Å². The first-order valence-corrected chi connectivity index (χ1v) is 8.77. The third-order valence-electron chi connectivity index (χ3n) is 4.06. The average molecular weight is 379 g/mol. The van der Waals surface area contributed by atoms with E-state index < -0.39 is 11.5 Å². The van der Waals surface area contributed by atoms with Crippen molar-refractivity contribution >= 4 is 18.0 Å². The van der Waals surface area contributed by atoms with Crippen LogP contribution in [0.5, 0.6) is 11.5 Å². The van der Waals surface area contributed by atoms with Crippen LogP contribution in [0.25, 0.3) is 6.08 Å². The second kappa shape index (κ2) is 10.6.